The molecule has 164 valence electrons. The zero-order chi connectivity index (χ0) is 22.2. The molecule has 0 aliphatic heterocycles. The molecule has 31 heavy (non-hydrogen) atoms. The van der Waals surface area contributed by atoms with E-state index in [-0.39, 0.29) is 0 Å². The summed E-state index contributed by atoms with van der Waals surface area (Å²) in [6.07, 6.45) is 9.92. The summed E-state index contributed by atoms with van der Waals surface area (Å²) in [5.74, 6) is 2.20. The van der Waals surface area contributed by atoms with Crippen molar-refractivity contribution in [2.45, 2.75) is 78.1 Å². The second-order valence-electron chi connectivity index (χ2n) is 9.04. The van der Waals surface area contributed by atoms with E-state index in [1.54, 1.807) is 12.1 Å². The predicted octanol–water partition coefficient (Wildman–Crippen LogP) is 7.44. The Morgan fingerprint density at radius 1 is 1.10 bits per heavy atom. The third-order valence-electron chi connectivity index (χ3n) is 6.98. The molecule has 1 fully saturated rings. The highest BCUT2D eigenvalue weighted by Crippen LogP contribution is 2.40. The van der Waals surface area contributed by atoms with Crippen LogP contribution >= 0.6 is 0 Å². The molecular weight excluding hydrogens is 382 g/mol. The summed E-state index contributed by atoms with van der Waals surface area (Å²) in [5.41, 5.74) is 3.29. The van der Waals surface area contributed by atoms with Gasteiger partial charge in [0.15, 0.2) is 0 Å². The van der Waals surface area contributed by atoms with Crippen molar-refractivity contribution >= 4 is 5.97 Å². The van der Waals surface area contributed by atoms with Gasteiger partial charge in [-0.25, -0.2) is 4.79 Å². The number of aryl methyl sites for hydroxylation is 1. The van der Waals surface area contributed by atoms with Crippen molar-refractivity contribution < 1.29 is 9.53 Å². The molecule has 1 unspecified atom stereocenters. The maximum absolute atomic E-state index is 12.6. The van der Waals surface area contributed by atoms with Gasteiger partial charge in [-0.2, -0.15) is 5.26 Å². The van der Waals surface area contributed by atoms with E-state index in [0.717, 1.165) is 23.8 Å². The molecule has 0 heterocycles. The number of unbranched alkanes of at least 4 members (excludes halogenated alkanes) is 1. The fourth-order valence-electron chi connectivity index (χ4n) is 4.81. The molecule has 0 N–H and O–H groups in total. The molecule has 2 aromatic carbocycles. The van der Waals surface area contributed by atoms with Crippen molar-refractivity contribution in [1.82, 2.24) is 0 Å². The first-order valence-electron chi connectivity index (χ1n) is 11.9. The molecule has 2 aromatic rings. The van der Waals surface area contributed by atoms with Crippen LogP contribution < -0.4 is 4.74 Å². The summed E-state index contributed by atoms with van der Waals surface area (Å²) in [6.45, 7) is 6.73. The van der Waals surface area contributed by atoms with E-state index in [9.17, 15) is 10.1 Å². The number of benzene rings is 2. The Balaban J connectivity index is 1.58. The topological polar surface area (TPSA) is 50.1 Å². The van der Waals surface area contributed by atoms with Gasteiger partial charge >= 0.3 is 5.97 Å². The number of ether oxygens (including phenoxy) is 1. The van der Waals surface area contributed by atoms with Crippen molar-refractivity contribution in [2.24, 2.45) is 11.8 Å². The van der Waals surface area contributed by atoms with E-state index in [2.05, 4.69) is 32.0 Å². The molecule has 0 spiro atoms. The zero-order valence-corrected chi connectivity index (χ0v) is 19.2. The molecule has 1 aliphatic rings. The van der Waals surface area contributed by atoms with Crippen LogP contribution in [0.5, 0.6) is 5.75 Å². The molecule has 0 saturated heterocycles. The predicted molar refractivity (Wildman–Crippen MR) is 125 cm³/mol. The van der Waals surface area contributed by atoms with Crippen LogP contribution in [0, 0.1) is 23.2 Å². The lowest BCUT2D eigenvalue weighted by Crippen LogP contribution is -2.19. The van der Waals surface area contributed by atoms with Gasteiger partial charge in [-0.3, -0.25) is 0 Å². The van der Waals surface area contributed by atoms with E-state index in [4.69, 9.17) is 4.74 Å². The van der Waals surface area contributed by atoms with Gasteiger partial charge in [0.1, 0.15) is 11.8 Å². The van der Waals surface area contributed by atoms with Gasteiger partial charge in [0.25, 0.3) is 0 Å². The Morgan fingerprint density at radius 2 is 1.81 bits per heavy atom. The summed E-state index contributed by atoms with van der Waals surface area (Å²) in [7, 11) is 0. The maximum atomic E-state index is 12.6. The van der Waals surface area contributed by atoms with Gasteiger partial charge in [-0.15, -0.1) is 0 Å². The minimum absolute atomic E-state index is 0.323. The molecule has 1 aliphatic carbocycles. The summed E-state index contributed by atoms with van der Waals surface area (Å²) in [5, 5.41) is 9.36. The highest BCUT2D eigenvalue weighted by atomic mass is 16.5. The lowest BCUT2D eigenvalue weighted by Gasteiger charge is -2.32. The normalized spacial score (nSPS) is 19.4. The minimum atomic E-state index is -0.416. The van der Waals surface area contributed by atoms with E-state index in [1.165, 1.54) is 50.5 Å². The number of rotatable bonds is 8. The second-order valence-corrected chi connectivity index (χ2v) is 9.04. The largest absolute Gasteiger partial charge is 0.422 e. The van der Waals surface area contributed by atoms with Crippen LogP contribution in [0.2, 0.25) is 0 Å². The van der Waals surface area contributed by atoms with Crippen LogP contribution in [0.25, 0.3) is 0 Å². The molecule has 1 saturated carbocycles. The lowest BCUT2D eigenvalue weighted by molar-refractivity contribution is 0.0734. The number of carbonyl (C=O) groups is 1. The molecule has 0 aromatic heterocycles. The van der Waals surface area contributed by atoms with Gasteiger partial charge in [0.2, 0.25) is 0 Å². The van der Waals surface area contributed by atoms with E-state index in [0.29, 0.717) is 22.8 Å². The third kappa shape index (κ3) is 5.97. The van der Waals surface area contributed by atoms with E-state index >= 15 is 0 Å². The van der Waals surface area contributed by atoms with E-state index in [1.807, 2.05) is 25.1 Å². The number of nitrogens with zero attached hydrogens (tertiary/aromatic N) is 1. The SMILES string of the molecule is CCCCC(C)C1CCC(c2ccc(C(=O)Oc3ccc(CC)cc3C#N)cc2)CC1. The van der Waals surface area contributed by atoms with Crippen molar-refractivity contribution in [3.8, 4) is 11.8 Å². The van der Waals surface area contributed by atoms with Crippen LogP contribution in [0.3, 0.4) is 0 Å². The van der Waals surface area contributed by atoms with Gasteiger partial charge < -0.3 is 4.74 Å². The van der Waals surface area contributed by atoms with Crippen molar-refractivity contribution in [3.05, 3.63) is 64.7 Å². The molecule has 3 rings (SSSR count). The Labute approximate surface area is 187 Å². The Kier molecular flexibility index (Phi) is 8.29. The second kappa shape index (κ2) is 11.1. The Bertz CT molecular complexity index is 902. The Morgan fingerprint density at radius 3 is 2.42 bits per heavy atom. The molecular formula is C28H35NO2. The van der Waals surface area contributed by atoms with Crippen LogP contribution in [-0.2, 0) is 6.42 Å². The average molecular weight is 418 g/mol. The number of carbonyl (C=O) groups excluding carboxylic acids is 1. The van der Waals surface area contributed by atoms with Gasteiger partial charge in [-0.05, 0) is 85.3 Å². The number of hydrogen-bond acceptors (Lipinski definition) is 3. The van der Waals surface area contributed by atoms with Crippen LogP contribution in [0.15, 0.2) is 42.5 Å². The number of hydrogen-bond donors (Lipinski definition) is 0. The quantitative estimate of drug-likeness (QED) is 0.331. The average Bonchev–Trinajstić information content (AvgIpc) is 2.82. The minimum Gasteiger partial charge on any atom is -0.422 e. The van der Waals surface area contributed by atoms with Gasteiger partial charge in [-0.1, -0.05) is 58.2 Å². The zero-order valence-electron chi connectivity index (χ0n) is 19.2. The van der Waals surface area contributed by atoms with Crippen molar-refractivity contribution in [3.63, 3.8) is 0 Å². The third-order valence-corrected chi connectivity index (χ3v) is 6.98. The van der Waals surface area contributed by atoms with Crippen molar-refractivity contribution in [1.29, 1.82) is 5.26 Å². The van der Waals surface area contributed by atoms with Crippen LogP contribution in [0.4, 0.5) is 0 Å². The Hall–Kier alpha value is -2.60. The molecule has 0 radical (unpaired) electrons. The lowest BCUT2D eigenvalue weighted by atomic mass is 9.73. The van der Waals surface area contributed by atoms with Crippen molar-refractivity contribution in [2.75, 3.05) is 0 Å². The number of nitriles is 1. The monoisotopic (exact) mass is 417 g/mol. The fraction of sp³-hybridized carbons (Fsp3) is 0.500. The molecule has 3 heteroatoms. The summed E-state index contributed by atoms with van der Waals surface area (Å²) in [4.78, 5) is 12.6. The van der Waals surface area contributed by atoms with Gasteiger partial charge in [0.05, 0.1) is 11.1 Å². The highest BCUT2D eigenvalue weighted by molar-refractivity contribution is 5.91. The molecule has 3 nitrogen and oxygen atoms in total. The summed E-state index contributed by atoms with van der Waals surface area (Å²) < 4.78 is 5.52. The molecule has 1 atom stereocenters. The first kappa shape index (κ1) is 23.1. The fourth-order valence-corrected chi connectivity index (χ4v) is 4.81. The van der Waals surface area contributed by atoms with Gasteiger partial charge in [0, 0.05) is 0 Å². The first-order valence-corrected chi connectivity index (χ1v) is 11.9. The standard InChI is InChI=1S/C28H35NO2/c1-4-6-7-20(3)22-9-11-23(12-10-22)24-13-15-25(16-14-24)28(30)31-27-17-8-21(5-2)18-26(27)19-29/h8,13-18,20,22-23H,4-7,9-12H2,1-3H3. The van der Waals surface area contributed by atoms with Crippen LogP contribution in [-0.4, -0.2) is 5.97 Å². The summed E-state index contributed by atoms with van der Waals surface area (Å²) >= 11 is 0. The maximum Gasteiger partial charge on any atom is 0.343 e. The number of esters is 1. The smallest absolute Gasteiger partial charge is 0.343 e. The highest BCUT2D eigenvalue weighted by Gasteiger charge is 2.26. The summed E-state index contributed by atoms with van der Waals surface area (Å²) in [6, 6.07) is 15.4. The van der Waals surface area contributed by atoms with Crippen LogP contribution in [0.1, 0.15) is 98.7 Å². The molecule has 0 amide bonds. The molecule has 0 bridgehead atoms. The first-order chi connectivity index (χ1) is 15.0. The van der Waals surface area contributed by atoms with E-state index < -0.39 is 5.97 Å².